The average molecular weight is 343 g/mol. The lowest BCUT2D eigenvalue weighted by Gasteiger charge is -2.37. The smallest absolute Gasteiger partial charge is 0.0603 e. The quantitative estimate of drug-likeness (QED) is 0.543. The Hall–Kier alpha value is -0.820. The first-order chi connectivity index (χ1) is 12.3. The van der Waals surface area contributed by atoms with Crippen molar-refractivity contribution in [1.82, 2.24) is 0 Å². The van der Waals surface area contributed by atoms with Crippen molar-refractivity contribution in [3.05, 3.63) is 35.4 Å². The average Bonchev–Trinajstić information content (AvgIpc) is 2.68. The van der Waals surface area contributed by atoms with E-state index in [1.807, 2.05) is 0 Å². The molecule has 2 fully saturated rings. The first kappa shape index (κ1) is 19.0. The summed E-state index contributed by atoms with van der Waals surface area (Å²) in [6.07, 6.45) is 15.3. The van der Waals surface area contributed by atoms with Crippen LogP contribution in [0.25, 0.3) is 0 Å². The maximum Gasteiger partial charge on any atom is 0.0603 e. The molecule has 1 heterocycles. The number of ether oxygens (including phenoxy) is 1. The molecular weight excluding hydrogens is 304 g/mol. The lowest BCUT2D eigenvalue weighted by Crippen LogP contribution is -2.34. The number of benzene rings is 1. The van der Waals surface area contributed by atoms with Gasteiger partial charge in [-0.2, -0.15) is 0 Å². The first-order valence-electron chi connectivity index (χ1n) is 11.0. The van der Waals surface area contributed by atoms with Gasteiger partial charge < -0.3 is 4.74 Å². The molecule has 1 nitrogen and oxygen atoms in total. The Kier molecular flexibility index (Phi) is 7.40. The van der Waals surface area contributed by atoms with Crippen LogP contribution >= 0.6 is 0 Å². The maximum atomic E-state index is 6.34. The van der Waals surface area contributed by atoms with Crippen molar-refractivity contribution in [2.24, 2.45) is 17.8 Å². The summed E-state index contributed by atoms with van der Waals surface area (Å²) in [5, 5.41) is 0. The highest BCUT2D eigenvalue weighted by Gasteiger charge is 2.31. The van der Waals surface area contributed by atoms with E-state index < -0.39 is 0 Å². The van der Waals surface area contributed by atoms with Crippen molar-refractivity contribution in [1.29, 1.82) is 0 Å². The second-order valence-electron chi connectivity index (χ2n) is 8.61. The molecular formula is C24H38O. The molecule has 1 aliphatic carbocycles. The molecule has 0 bridgehead atoms. The molecule has 1 heteroatoms. The second kappa shape index (κ2) is 9.76. The van der Waals surface area contributed by atoms with Gasteiger partial charge in [-0.3, -0.25) is 0 Å². The third-order valence-electron chi connectivity index (χ3n) is 6.80. The minimum atomic E-state index is 0.572. The molecule has 1 aliphatic heterocycles. The van der Waals surface area contributed by atoms with Gasteiger partial charge in [0.05, 0.1) is 6.10 Å². The Balaban J connectivity index is 1.36. The molecule has 1 saturated carbocycles. The van der Waals surface area contributed by atoms with E-state index in [0.717, 1.165) is 24.4 Å². The van der Waals surface area contributed by atoms with Crippen LogP contribution in [-0.2, 0) is 17.6 Å². The van der Waals surface area contributed by atoms with Crippen LogP contribution in [0.15, 0.2) is 24.3 Å². The molecule has 1 aromatic rings. The molecule has 2 atom stereocenters. The minimum absolute atomic E-state index is 0.572. The van der Waals surface area contributed by atoms with Crippen molar-refractivity contribution in [3.8, 4) is 0 Å². The number of hydrogen-bond donors (Lipinski definition) is 0. The standard InChI is InChI=1S/C24H38O/c1-3-5-20-6-8-21(9-7-20)10-11-22-14-17-24(25-18-22)23-15-12-19(4-2)13-16-23/h6-9,19,22-24H,3-5,10-18H2,1-2H3. The molecule has 0 spiro atoms. The van der Waals surface area contributed by atoms with Crippen molar-refractivity contribution in [3.63, 3.8) is 0 Å². The minimum Gasteiger partial charge on any atom is -0.378 e. The van der Waals surface area contributed by atoms with E-state index >= 15 is 0 Å². The van der Waals surface area contributed by atoms with E-state index in [1.54, 1.807) is 0 Å². The highest BCUT2D eigenvalue weighted by Crippen LogP contribution is 2.37. The van der Waals surface area contributed by atoms with Gasteiger partial charge in [-0.05, 0) is 73.8 Å². The SMILES string of the molecule is CCCc1ccc(CCC2CCC(C3CCC(CC)CC3)OC2)cc1. The summed E-state index contributed by atoms with van der Waals surface area (Å²) in [7, 11) is 0. The van der Waals surface area contributed by atoms with Crippen LogP contribution in [0.3, 0.4) is 0 Å². The largest absolute Gasteiger partial charge is 0.378 e. The van der Waals surface area contributed by atoms with E-state index in [9.17, 15) is 0 Å². The van der Waals surface area contributed by atoms with E-state index in [2.05, 4.69) is 38.1 Å². The normalized spacial score (nSPS) is 30.3. The summed E-state index contributed by atoms with van der Waals surface area (Å²) in [5.41, 5.74) is 2.98. The van der Waals surface area contributed by atoms with Crippen LogP contribution in [0.1, 0.15) is 82.8 Å². The van der Waals surface area contributed by atoms with Gasteiger partial charge in [0.25, 0.3) is 0 Å². The van der Waals surface area contributed by atoms with Crippen LogP contribution < -0.4 is 0 Å². The van der Waals surface area contributed by atoms with Crippen LogP contribution in [0, 0.1) is 17.8 Å². The summed E-state index contributed by atoms with van der Waals surface area (Å²) in [4.78, 5) is 0. The second-order valence-corrected chi connectivity index (χ2v) is 8.61. The highest BCUT2D eigenvalue weighted by atomic mass is 16.5. The Morgan fingerprint density at radius 3 is 2.00 bits per heavy atom. The maximum absolute atomic E-state index is 6.34. The fourth-order valence-corrected chi connectivity index (χ4v) is 4.93. The predicted octanol–water partition coefficient (Wildman–Crippen LogP) is 6.58. The fourth-order valence-electron chi connectivity index (χ4n) is 4.93. The van der Waals surface area contributed by atoms with Gasteiger partial charge in [-0.25, -0.2) is 0 Å². The molecule has 140 valence electrons. The molecule has 1 aromatic carbocycles. The number of aryl methyl sites for hydroxylation is 2. The molecule has 2 unspecified atom stereocenters. The van der Waals surface area contributed by atoms with Crippen molar-refractivity contribution in [2.45, 2.75) is 90.6 Å². The van der Waals surface area contributed by atoms with Crippen LogP contribution in [0.4, 0.5) is 0 Å². The number of hydrogen-bond acceptors (Lipinski definition) is 1. The van der Waals surface area contributed by atoms with Gasteiger partial charge in [0.2, 0.25) is 0 Å². The summed E-state index contributed by atoms with van der Waals surface area (Å²) in [6, 6.07) is 9.31. The van der Waals surface area contributed by atoms with Crippen molar-refractivity contribution >= 4 is 0 Å². The molecule has 0 aromatic heterocycles. The van der Waals surface area contributed by atoms with Crippen LogP contribution in [-0.4, -0.2) is 12.7 Å². The Morgan fingerprint density at radius 2 is 1.44 bits per heavy atom. The molecule has 3 rings (SSSR count). The third kappa shape index (κ3) is 5.58. The Bertz CT molecular complexity index is 475. The zero-order valence-electron chi connectivity index (χ0n) is 16.5. The van der Waals surface area contributed by atoms with E-state index in [1.165, 1.54) is 81.8 Å². The van der Waals surface area contributed by atoms with Crippen molar-refractivity contribution in [2.75, 3.05) is 6.61 Å². The summed E-state index contributed by atoms with van der Waals surface area (Å²) in [5.74, 6) is 2.63. The lowest BCUT2D eigenvalue weighted by molar-refractivity contribution is -0.0593. The number of rotatable bonds is 7. The van der Waals surface area contributed by atoms with E-state index in [4.69, 9.17) is 4.74 Å². The molecule has 2 aliphatic rings. The predicted molar refractivity (Wildman–Crippen MR) is 107 cm³/mol. The van der Waals surface area contributed by atoms with Gasteiger partial charge in [0.1, 0.15) is 0 Å². The molecule has 1 saturated heterocycles. The highest BCUT2D eigenvalue weighted by molar-refractivity contribution is 5.22. The van der Waals surface area contributed by atoms with Gasteiger partial charge >= 0.3 is 0 Å². The summed E-state index contributed by atoms with van der Waals surface area (Å²) >= 11 is 0. The third-order valence-corrected chi connectivity index (χ3v) is 6.80. The van der Waals surface area contributed by atoms with Gasteiger partial charge in [0, 0.05) is 6.61 Å². The van der Waals surface area contributed by atoms with Gasteiger partial charge in [-0.15, -0.1) is 0 Å². The molecule has 0 N–H and O–H groups in total. The first-order valence-corrected chi connectivity index (χ1v) is 11.0. The summed E-state index contributed by atoms with van der Waals surface area (Å²) < 4.78 is 6.34. The zero-order chi connectivity index (χ0) is 17.5. The van der Waals surface area contributed by atoms with Gasteiger partial charge in [-0.1, -0.05) is 63.8 Å². The fraction of sp³-hybridized carbons (Fsp3) is 0.750. The molecule has 25 heavy (non-hydrogen) atoms. The monoisotopic (exact) mass is 342 g/mol. The summed E-state index contributed by atoms with van der Waals surface area (Å²) in [6.45, 7) is 5.61. The Labute approximate surface area is 155 Å². The Morgan fingerprint density at radius 1 is 0.800 bits per heavy atom. The molecule has 0 amide bonds. The van der Waals surface area contributed by atoms with Crippen LogP contribution in [0.2, 0.25) is 0 Å². The topological polar surface area (TPSA) is 9.23 Å². The lowest BCUT2D eigenvalue weighted by atomic mass is 9.76. The molecule has 0 radical (unpaired) electrons. The zero-order valence-corrected chi connectivity index (χ0v) is 16.5. The van der Waals surface area contributed by atoms with Gasteiger partial charge in [0.15, 0.2) is 0 Å². The van der Waals surface area contributed by atoms with Crippen LogP contribution in [0.5, 0.6) is 0 Å². The van der Waals surface area contributed by atoms with Crippen molar-refractivity contribution < 1.29 is 4.74 Å². The van der Waals surface area contributed by atoms with E-state index in [-0.39, 0.29) is 0 Å². The van der Waals surface area contributed by atoms with E-state index in [0.29, 0.717) is 6.10 Å².